The first-order valence-electron chi connectivity index (χ1n) is 20.1. The highest BCUT2D eigenvalue weighted by atomic mass is 16.4. The van der Waals surface area contributed by atoms with E-state index in [0.29, 0.717) is 6.61 Å². The Morgan fingerprint density at radius 3 is 2.02 bits per heavy atom. The van der Waals surface area contributed by atoms with Gasteiger partial charge in [0.25, 0.3) is 0 Å². The molecule has 0 unspecified atom stereocenters. The summed E-state index contributed by atoms with van der Waals surface area (Å²) in [6.07, 6.45) is 0. The molecule has 57 heavy (non-hydrogen) atoms. The van der Waals surface area contributed by atoms with E-state index in [-0.39, 0.29) is 12.3 Å². The highest BCUT2D eigenvalue weighted by Gasteiger charge is 2.39. The number of anilines is 3. The fourth-order valence-electron chi connectivity index (χ4n) is 10.3. The van der Waals surface area contributed by atoms with Gasteiger partial charge in [-0.25, -0.2) is 0 Å². The fourth-order valence-corrected chi connectivity index (χ4v) is 10.3. The monoisotopic (exact) mass is 727 g/mol. The van der Waals surface area contributed by atoms with Crippen molar-refractivity contribution in [2.24, 2.45) is 0 Å². The maximum atomic E-state index is 6.65. The molecule has 0 bridgehead atoms. The molecule has 0 atom stereocenters. The number of nitrogens with zero attached hydrogens (tertiary/aromatic N) is 1. The van der Waals surface area contributed by atoms with E-state index in [1.165, 1.54) is 99.4 Å². The molecule has 2 nitrogen and oxygen atoms in total. The molecular formula is C54H38BNO. The van der Waals surface area contributed by atoms with Gasteiger partial charge in [-0.15, -0.1) is 0 Å². The zero-order valence-corrected chi connectivity index (χ0v) is 32.0. The van der Waals surface area contributed by atoms with Crippen LogP contribution in [0.25, 0.3) is 66.1 Å². The van der Waals surface area contributed by atoms with Crippen LogP contribution in [0, 0.1) is 0 Å². The van der Waals surface area contributed by atoms with Gasteiger partial charge in [0.1, 0.15) is 0 Å². The number of hydrogen-bond acceptors (Lipinski definition) is 2. The third-order valence-electron chi connectivity index (χ3n) is 13.0. The Balaban J connectivity index is 1.15. The van der Waals surface area contributed by atoms with Gasteiger partial charge in [-0.3, -0.25) is 0 Å². The largest absolute Gasteiger partial charge is 0.423 e. The van der Waals surface area contributed by atoms with Crippen LogP contribution in [0.5, 0.6) is 0 Å². The number of fused-ring (bicyclic) bond motifs is 8. The Labute approximate surface area is 333 Å². The fraction of sp³-hybridized carbons (Fsp3) is 0.0741. The molecule has 268 valence electrons. The summed E-state index contributed by atoms with van der Waals surface area (Å²) in [5, 5.41) is 5.02. The first-order chi connectivity index (χ1) is 28.0. The van der Waals surface area contributed by atoms with Crippen molar-refractivity contribution in [1.82, 2.24) is 0 Å². The van der Waals surface area contributed by atoms with Crippen molar-refractivity contribution in [1.29, 1.82) is 0 Å². The van der Waals surface area contributed by atoms with Crippen molar-refractivity contribution in [3.63, 3.8) is 0 Å². The molecule has 12 rings (SSSR count). The molecular weight excluding hydrogens is 689 g/mol. The van der Waals surface area contributed by atoms with Crippen molar-refractivity contribution in [3.8, 4) is 44.5 Å². The van der Waals surface area contributed by atoms with Crippen molar-refractivity contribution in [2.45, 2.75) is 25.9 Å². The van der Waals surface area contributed by atoms with Crippen molar-refractivity contribution < 1.29 is 4.65 Å². The summed E-state index contributed by atoms with van der Waals surface area (Å²) in [6, 6.07) is 67.4. The minimum Gasteiger partial charge on any atom is -0.423 e. The number of benzene rings is 9. The number of hydrogen-bond donors (Lipinski definition) is 0. The lowest BCUT2D eigenvalue weighted by Crippen LogP contribution is -2.41. The predicted molar refractivity (Wildman–Crippen MR) is 240 cm³/mol. The molecule has 9 aromatic rings. The van der Waals surface area contributed by atoms with E-state index in [0.717, 1.165) is 11.4 Å². The van der Waals surface area contributed by atoms with Gasteiger partial charge < -0.3 is 9.55 Å². The molecule has 0 amide bonds. The van der Waals surface area contributed by atoms with Gasteiger partial charge in [0, 0.05) is 22.2 Å². The summed E-state index contributed by atoms with van der Waals surface area (Å²) in [5.74, 6) is 0. The van der Waals surface area contributed by atoms with E-state index in [2.05, 4.69) is 201 Å². The van der Waals surface area contributed by atoms with Gasteiger partial charge in [-0.1, -0.05) is 166 Å². The van der Waals surface area contributed by atoms with Crippen molar-refractivity contribution in [3.05, 3.63) is 199 Å². The van der Waals surface area contributed by atoms with E-state index >= 15 is 0 Å². The molecule has 0 spiro atoms. The van der Waals surface area contributed by atoms with Crippen LogP contribution in [0.3, 0.4) is 0 Å². The molecule has 0 saturated carbocycles. The van der Waals surface area contributed by atoms with Crippen LogP contribution in [-0.4, -0.2) is 6.92 Å². The second kappa shape index (κ2) is 12.2. The Hall–Kier alpha value is -6.68. The SMILES string of the molecule is CC1(C)c2ccccc2-c2c(-c3cccc4c3COB4c3ccccc3)cc(N(c3ccc4ccccc4c3)c3ccc4c5c(cccc35)-c3ccccc3-4)cc21. The molecule has 0 radical (unpaired) electrons. The summed E-state index contributed by atoms with van der Waals surface area (Å²) in [6.45, 7) is 5.27. The third kappa shape index (κ3) is 4.70. The Kier molecular flexibility index (Phi) is 6.95. The zero-order valence-electron chi connectivity index (χ0n) is 32.0. The topological polar surface area (TPSA) is 12.5 Å². The second-order valence-electron chi connectivity index (χ2n) is 16.3. The molecule has 0 N–H and O–H groups in total. The third-order valence-corrected chi connectivity index (χ3v) is 13.0. The van der Waals surface area contributed by atoms with Crippen LogP contribution in [0.15, 0.2) is 182 Å². The van der Waals surface area contributed by atoms with Gasteiger partial charge in [0.15, 0.2) is 0 Å². The molecule has 1 aliphatic heterocycles. The van der Waals surface area contributed by atoms with Crippen LogP contribution >= 0.6 is 0 Å². The minimum atomic E-state index is -0.212. The summed E-state index contributed by atoms with van der Waals surface area (Å²) in [7, 11) is 0. The summed E-state index contributed by atoms with van der Waals surface area (Å²) < 4.78 is 6.65. The lowest BCUT2D eigenvalue weighted by Gasteiger charge is -2.30. The molecule has 3 heteroatoms. The molecule has 0 fully saturated rings. The Morgan fingerprint density at radius 2 is 1.18 bits per heavy atom. The van der Waals surface area contributed by atoms with E-state index in [4.69, 9.17) is 4.65 Å². The van der Waals surface area contributed by atoms with Crippen LogP contribution in [0.2, 0.25) is 0 Å². The van der Waals surface area contributed by atoms with Crippen molar-refractivity contribution >= 4 is 56.4 Å². The standard InChI is InChI=1S/C54H38BNO/c1-54(2)48-24-11-10-20-44(48)53-46(41-21-13-25-50-47(41)33-57-55(50)36-16-4-3-5-17-36)31-38(32-49(53)54)56(37-27-26-34-14-6-7-15-35(34)30-37)51-29-28-43-40-19-9-8-18-39(40)42-22-12-23-45(51)52(42)43/h3-32H,33H2,1-2H3. The maximum Gasteiger partial charge on any atom is 0.362 e. The Morgan fingerprint density at radius 1 is 0.491 bits per heavy atom. The maximum absolute atomic E-state index is 6.65. The average Bonchev–Trinajstić information content (AvgIpc) is 3.91. The number of rotatable bonds is 5. The van der Waals surface area contributed by atoms with Gasteiger partial charge >= 0.3 is 6.92 Å². The minimum absolute atomic E-state index is 0.0899. The van der Waals surface area contributed by atoms with Crippen LogP contribution in [0.1, 0.15) is 30.5 Å². The van der Waals surface area contributed by atoms with Gasteiger partial charge in [0.05, 0.1) is 12.3 Å². The van der Waals surface area contributed by atoms with Gasteiger partial charge in [-0.2, -0.15) is 0 Å². The molecule has 0 saturated heterocycles. The first kappa shape index (κ1) is 32.6. The van der Waals surface area contributed by atoms with Gasteiger partial charge in [-0.05, 0) is 119 Å². The molecule has 3 aliphatic rings. The second-order valence-corrected chi connectivity index (χ2v) is 16.3. The average molecular weight is 728 g/mol. The van der Waals surface area contributed by atoms with Crippen LogP contribution in [-0.2, 0) is 16.7 Å². The summed E-state index contributed by atoms with van der Waals surface area (Å²) in [4.78, 5) is 2.52. The van der Waals surface area contributed by atoms with E-state index in [1.54, 1.807) is 0 Å². The molecule has 0 aromatic heterocycles. The predicted octanol–water partition coefficient (Wildman–Crippen LogP) is 12.7. The molecule has 2 aliphatic carbocycles. The van der Waals surface area contributed by atoms with Crippen LogP contribution < -0.4 is 15.8 Å². The lowest BCUT2D eigenvalue weighted by atomic mass is 9.55. The van der Waals surface area contributed by atoms with Crippen molar-refractivity contribution in [2.75, 3.05) is 4.90 Å². The molecule has 9 aromatic carbocycles. The highest BCUT2D eigenvalue weighted by molar-refractivity contribution is 6.81. The quantitative estimate of drug-likeness (QED) is 0.164. The smallest absolute Gasteiger partial charge is 0.362 e. The van der Waals surface area contributed by atoms with E-state index < -0.39 is 0 Å². The lowest BCUT2D eigenvalue weighted by molar-refractivity contribution is 0.337. The van der Waals surface area contributed by atoms with E-state index in [1.807, 2.05) is 0 Å². The first-order valence-corrected chi connectivity index (χ1v) is 20.1. The van der Waals surface area contributed by atoms with Crippen LogP contribution in [0.4, 0.5) is 17.1 Å². The zero-order chi connectivity index (χ0) is 37.8. The summed E-state index contributed by atoms with van der Waals surface area (Å²) >= 11 is 0. The highest BCUT2D eigenvalue weighted by Crippen LogP contribution is 2.56. The molecule has 1 heterocycles. The van der Waals surface area contributed by atoms with E-state index in [9.17, 15) is 0 Å². The summed E-state index contributed by atoms with van der Waals surface area (Å²) in [5.41, 5.74) is 20.0. The Bertz CT molecular complexity index is 3100. The van der Waals surface area contributed by atoms with Gasteiger partial charge in [0.2, 0.25) is 0 Å². The normalized spacial score (nSPS) is 14.1.